The average Bonchev–Trinajstić information content (AvgIpc) is 3.16. The normalized spacial score (nSPS) is 11.1. The number of methoxy groups -OCH3 is 1. The van der Waals surface area contributed by atoms with Gasteiger partial charge in [0.25, 0.3) is 0 Å². The van der Waals surface area contributed by atoms with E-state index in [9.17, 15) is 9.90 Å². The fraction of sp³-hybridized carbons (Fsp3) is 0.105. The highest BCUT2D eigenvalue weighted by Gasteiger charge is 2.14. The van der Waals surface area contributed by atoms with Crippen molar-refractivity contribution in [2.24, 2.45) is 0 Å². The van der Waals surface area contributed by atoms with Gasteiger partial charge in [-0.25, -0.2) is 4.79 Å². The van der Waals surface area contributed by atoms with E-state index in [4.69, 9.17) is 20.8 Å². The molecular formula is C19H14ClN3O4S. The van der Waals surface area contributed by atoms with Crippen molar-refractivity contribution in [2.45, 2.75) is 10.9 Å². The van der Waals surface area contributed by atoms with Gasteiger partial charge in [-0.2, -0.15) is 0 Å². The summed E-state index contributed by atoms with van der Waals surface area (Å²) in [5, 5.41) is 19.4. The van der Waals surface area contributed by atoms with Crippen LogP contribution in [-0.2, 0) is 5.75 Å². The van der Waals surface area contributed by atoms with Gasteiger partial charge in [-0.3, -0.25) is 4.57 Å². The third-order valence-corrected chi connectivity index (χ3v) is 5.41. The molecule has 0 saturated carbocycles. The summed E-state index contributed by atoms with van der Waals surface area (Å²) >= 11 is 7.42. The molecule has 9 heteroatoms. The van der Waals surface area contributed by atoms with Crippen molar-refractivity contribution in [3.05, 3.63) is 69.8 Å². The molecule has 0 saturated heterocycles. The Morgan fingerprint density at radius 1 is 1.29 bits per heavy atom. The number of ether oxygens (including phenoxy) is 1. The van der Waals surface area contributed by atoms with Crippen molar-refractivity contribution in [3.8, 4) is 17.2 Å². The Kier molecular flexibility index (Phi) is 4.97. The number of rotatable bonds is 5. The van der Waals surface area contributed by atoms with Crippen LogP contribution in [0.25, 0.3) is 16.7 Å². The summed E-state index contributed by atoms with van der Waals surface area (Å²) in [7, 11) is 1.60. The number of phenolic OH excluding ortho intramolecular Hbond substituents is 1. The van der Waals surface area contributed by atoms with Crippen LogP contribution in [-0.4, -0.2) is 27.0 Å². The van der Waals surface area contributed by atoms with Crippen molar-refractivity contribution in [3.63, 3.8) is 0 Å². The standard InChI is InChI=1S/C19H14ClN3O4S/c1-26-16-5-3-2-4-14(16)23-10-21-22-19(23)28-9-11-6-18(25)27-17-8-15(24)13(20)7-12(11)17/h2-8,10,24H,9H2,1H3. The first kappa shape index (κ1) is 18.4. The van der Waals surface area contributed by atoms with Crippen LogP contribution in [0.4, 0.5) is 0 Å². The van der Waals surface area contributed by atoms with Crippen LogP contribution < -0.4 is 10.4 Å². The van der Waals surface area contributed by atoms with E-state index in [1.54, 1.807) is 19.5 Å². The molecule has 28 heavy (non-hydrogen) atoms. The van der Waals surface area contributed by atoms with Crippen molar-refractivity contribution in [1.82, 2.24) is 14.8 Å². The largest absolute Gasteiger partial charge is 0.506 e. The first-order valence-corrected chi connectivity index (χ1v) is 9.54. The second-order valence-corrected chi connectivity index (χ2v) is 7.18. The summed E-state index contributed by atoms with van der Waals surface area (Å²) in [5.41, 5.74) is 1.29. The van der Waals surface area contributed by atoms with E-state index in [0.717, 1.165) is 5.69 Å². The Hall–Kier alpha value is -2.97. The average molecular weight is 416 g/mol. The zero-order valence-electron chi connectivity index (χ0n) is 14.6. The molecule has 0 aliphatic rings. The van der Waals surface area contributed by atoms with Crippen molar-refractivity contribution >= 4 is 34.3 Å². The lowest BCUT2D eigenvalue weighted by Crippen LogP contribution is -2.01. The van der Waals surface area contributed by atoms with Crippen LogP contribution in [0.5, 0.6) is 11.5 Å². The SMILES string of the molecule is COc1ccccc1-n1cnnc1SCc1cc(=O)oc2cc(O)c(Cl)cc12. The van der Waals surface area contributed by atoms with Crippen molar-refractivity contribution < 1.29 is 14.3 Å². The van der Waals surface area contributed by atoms with E-state index < -0.39 is 5.63 Å². The van der Waals surface area contributed by atoms with E-state index in [0.29, 0.717) is 27.6 Å². The fourth-order valence-corrected chi connectivity index (χ4v) is 3.89. The molecule has 2 aromatic carbocycles. The summed E-state index contributed by atoms with van der Waals surface area (Å²) in [5.74, 6) is 0.979. The summed E-state index contributed by atoms with van der Waals surface area (Å²) in [4.78, 5) is 11.9. The van der Waals surface area contributed by atoms with Crippen molar-refractivity contribution in [1.29, 1.82) is 0 Å². The Morgan fingerprint density at radius 2 is 2.11 bits per heavy atom. The quantitative estimate of drug-likeness (QED) is 0.388. The zero-order chi connectivity index (χ0) is 19.7. The van der Waals surface area contributed by atoms with Gasteiger partial charge in [0.05, 0.1) is 17.8 Å². The predicted octanol–water partition coefficient (Wildman–Crippen LogP) is 4.03. The van der Waals surface area contributed by atoms with Gasteiger partial charge < -0.3 is 14.3 Å². The summed E-state index contributed by atoms with van der Waals surface area (Å²) in [6.45, 7) is 0. The molecule has 0 bridgehead atoms. The Bertz CT molecular complexity index is 1220. The zero-order valence-corrected chi connectivity index (χ0v) is 16.2. The molecule has 0 aliphatic heterocycles. The van der Waals surface area contributed by atoms with Gasteiger partial charge in [0.2, 0.25) is 0 Å². The van der Waals surface area contributed by atoms with Crippen LogP contribution in [0.1, 0.15) is 5.56 Å². The Morgan fingerprint density at radius 3 is 2.93 bits per heavy atom. The molecule has 2 heterocycles. The second kappa shape index (κ2) is 7.57. The summed E-state index contributed by atoms with van der Waals surface area (Å²) < 4.78 is 12.4. The summed E-state index contributed by atoms with van der Waals surface area (Å²) in [6.07, 6.45) is 1.60. The van der Waals surface area contributed by atoms with Crippen molar-refractivity contribution in [2.75, 3.05) is 7.11 Å². The third-order valence-electron chi connectivity index (χ3n) is 4.12. The first-order valence-electron chi connectivity index (χ1n) is 8.18. The van der Waals surface area contributed by atoms with Crippen LogP contribution in [0.15, 0.2) is 63.2 Å². The molecular weight excluding hydrogens is 402 g/mol. The number of para-hydroxylation sites is 2. The number of fused-ring (bicyclic) bond motifs is 1. The van der Waals surface area contributed by atoms with Crippen LogP contribution in [0, 0.1) is 0 Å². The number of thioether (sulfide) groups is 1. The number of halogens is 1. The molecule has 0 unspecified atom stereocenters. The van der Waals surface area contributed by atoms with Crippen LogP contribution >= 0.6 is 23.4 Å². The highest BCUT2D eigenvalue weighted by Crippen LogP contribution is 2.33. The van der Waals surface area contributed by atoms with E-state index in [1.807, 2.05) is 28.8 Å². The number of hydrogen-bond acceptors (Lipinski definition) is 7. The van der Waals surface area contributed by atoms with E-state index in [-0.39, 0.29) is 16.4 Å². The van der Waals surface area contributed by atoms with Gasteiger partial charge >= 0.3 is 5.63 Å². The lowest BCUT2D eigenvalue weighted by Gasteiger charge is -2.11. The highest BCUT2D eigenvalue weighted by molar-refractivity contribution is 7.98. The third kappa shape index (κ3) is 3.44. The second-order valence-electron chi connectivity index (χ2n) is 5.83. The van der Waals surface area contributed by atoms with E-state index >= 15 is 0 Å². The first-order chi connectivity index (χ1) is 13.6. The maximum atomic E-state index is 11.9. The molecule has 7 nitrogen and oxygen atoms in total. The fourth-order valence-electron chi connectivity index (χ4n) is 2.81. The molecule has 0 fully saturated rings. The molecule has 0 aliphatic carbocycles. The lowest BCUT2D eigenvalue weighted by atomic mass is 10.1. The number of aromatic hydroxyl groups is 1. The highest BCUT2D eigenvalue weighted by atomic mass is 35.5. The monoisotopic (exact) mass is 415 g/mol. The molecule has 4 rings (SSSR count). The number of phenols is 1. The van der Waals surface area contributed by atoms with E-state index in [1.165, 1.54) is 23.9 Å². The van der Waals surface area contributed by atoms with Gasteiger partial charge in [-0.1, -0.05) is 35.5 Å². The molecule has 4 aromatic rings. The summed E-state index contributed by atoms with van der Waals surface area (Å²) in [6, 6.07) is 11.9. The minimum Gasteiger partial charge on any atom is -0.506 e. The lowest BCUT2D eigenvalue weighted by molar-refractivity contribution is 0.412. The minimum absolute atomic E-state index is 0.141. The topological polar surface area (TPSA) is 90.4 Å². The van der Waals surface area contributed by atoms with Crippen LogP contribution in [0.3, 0.4) is 0 Å². The van der Waals surface area contributed by atoms with E-state index in [2.05, 4.69) is 10.2 Å². The van der Waals surface area contributed by atoms with Gasteiger partial charge in [0.1, 0.15) is 23.4 Å². The predicted molar refractivity (Wildman–Crippen MR) is 107 cm³/mol. The minimum atomic E-state index is -0.504. The molecule has 0 radical (unpaired) electrons. The van der Waals surface area contributed by atoms with Gasteiger partial charge in [0, 0.05) is 23.3 Å². The molecule has 0 amide bonds. The van der Waals surface area contributed by atoms with Crippen LogP contribution in [0.2, 0.25) is 5.02 Å². The smallest absolute Gasteiger partial charge is 0.336 e. The number of hydrogen-bond donors (Lipinski definition) is 1. The maximum absolute atomic E-state index is 11.9. The molecule has 0 atom stereocenters. The van der Waals surface area contributed by atoms with Gasteiger partial charge in [0.15, 0.2) is 5.16 Å². The Labute approximate surface area is 168 Å². The van der Waals surface area contributed by atoms with Gasteiger partial charge in [-0.15, -0.1) is 10.2 Å². The van der Waals surface area contributed by atoms with Gasteiger partial charge in [-0.05, 0) is 23.8 Å². The Balaban J connectivity index is 1.69. The number of aromatic nitrogens is 3. The molecule has 142 valence electrons. The molecule has 1 N–H and O–H groups in total. The molecule has 2 aromatic heterocycles. The maximum Gasteiger partial charge on any atom is 0.336 e. The number of benzene rings is 2. The number of nitrogens with zero attached hydrogens (tertiary/aromatic N) is 3. The molecule has 0 spiro atoms.